The van der Waals surface area contributed by atoms with Crippen molar-refractivity contribution in [2.24, 2.45) is 4.99 Å². The van der Waals surface area contributed by atoms with Crippen LogP contribution in [0.4, 0.5) is 5.69 Å². The first-order valence-corrected chi connectivity index (χ1v) is 10.2. The van der Waals surface area contributed by atoms with Crippen molar-refractivity contribution in [1.29, 1.82) is 0 Å². The third kappa shape index (κ3) is 5.76. The highest BCUT2D eigenvalue weighted by Crippen LogP contribution is 2.30. The molecule has 2 N–H and O–H groups in total. The van der Waals surface area contributed by atoms with Gasteiger partial charge in [0.15, 0.2) is 5.96 Å². The van der Waals surface area contributed by atoms with Gasteiger partial charge in [-0.05, 0) is 24.6 Å². The molecule has 30 heavy (non-hydrogen) atoms. The number of guanidine groups is 1. The molecule has 1 unspecified atom stereocenters. The average molecular weight is 414 g/mol. The normalized spacial score (nSPS) is 16.4. The van der Waals surface area contributed by atoms with Gasteiger partial charge in [-0.3, -0.25) is 4.99 Å². The van der Waals surface area contributed by atoms with Crippen molar-refractivity contribution in [3.8, 4) is 11.6 Å². The molecule has 0 amide bonds. The van der Waals surface area contributed by atoms with E-state index in [1.807, 2.05) is 30.3 Å². The first-order chi connectivity index (χ1) is 14.7. The van der Waals surface area contributed by atoms with Crippen molar-refractivity contribution < 1.29 is 14.2 Å². The summed E-state index contributed by atoms with van der Waals surface area (Å²) in [7, 11) is 5.14. The van der Waals surface area contributed by atoms with Gasteiger partial charge >= 0.3 is 0 Å². The Labute approximate surface area is 178 Å². The Morgan fingerprint density at radius 3 is 2.87 bits per heavy atom. The number of methoxy groups -OCH3 is 2. The van der Waals surface area contributed by atoms with E-state index >= 15 is 0 Å². The molecule has 1 aliphatic heterocycles. The molecule has 162 valence electrons. The number of hydrogen-bond acceptors (Lipinski definition) is 6. The van der Waals surface area contributed by atoms with Crippen LogP contribution in [0.1, 0.15) is 12.0 Å². The summed E-state index contributed by atoms with van der Waals surface area (Å²) in [6.07, 6.45) is 2.75. The minimum Gasteiger partial charge on any atom is -0.495 e. The molecule has 2 aromatic rings. The Bertz CT molecular complexity index is 830. The number of aliphatic imine (C=N–C) groups is 1. The summed E-state index contributed by atoms with van der Waals surface area (Å²) in [5.41, 5.74) is 2.10. The Balaban J connectivity index is 1.54. The van der Waals surface area contributed by atoms with E-state index in [2.05, 4.69) is 31.6 Å². The first-order valence-electron chi connectivity index (χ1n) is 10.2. The Morgan fingerprint density at radius 2 is 2.07 bits per heavy atom. The lowest BCUT2D eigenvalue weighted by Crippen LogP contribution is -2.44. The predicted molar refractivity (Wildman–Crippen MR) is 119 cm³/mol. The second-order valence-electron chi connectivity index (χ2n) is 6.98. The lowest BCUT2D eigenvalue weighted by atomic mass is 10.2. The summed E-state index contributed by atoms with van der Waals surface area (Å²) in [6.45, 7) is 3.42. The summed E-state index contributed by atoms with van der Waals surface area (Å²) < 4.78 is 16.3. The van der Waals surface area contributed by atoms with E-state index in [0.717, 1.165) is 42.5 Å². The van der Waals surface area contributed by atoms with Crippen molar-refractivity contribution in [2.45, 2.75) is 19.0 Å². The molecule has 1 aromatic carbocycles. The quantitative estimate of drug-likeness (QED) is 0.370. The molecular weight excluding hydrogens is 382 g/mol. The minimum absolute atomic E-state index is 0.299. The van der Waals surface area contributed by atoms with Crippen LogP contribution >= 0.6 is 0 Å². The summed E-state index contributed by atoms with van der Waals surface area (Å²) in [4.78, 5) is 11.0. The number of hydrogen-bond donors (Lipinski definition) is 2. The van der Waals surface area contributed by atoms with E-state index < -0.39 is 0 Å². The molecule has 0 radical (unpaired) electrons. The first kappa shape index (κ1) is 21.7. The fourth-order valence-electron chi connectivity index (χ4n) is 3.47. The highest BCUT2D eigenvalue weighted by atomic mass is 16.5. The monoisotopic (exact) mass is 413 g/mol. The number of pyridine rings is 1. The molecule has 8 nitrogen and oxygen atoms in total. The van der Waals surface area contributed by atoms with Crippen LogP contribution in [0.3, 0.4) is 0 Å². The van der Waals surface area contributed by atoms with Gasteiger partial charge in [-0.25, -0.2) is 4.98 Å². The number of anilines is 1. The van der Waals surface area contributed by atoms with Gasteiger partial charge in [0.25, 0.3) is 0 Å². The van der Waals surface area contributed by atoms with E-state index in [1.165, 1.54) is 0 Å². The zero-order valence-electron chi connectivity index (χ0n) is 17.9. The number of rotatable bonds is 9. The van der Waals surface area contributed by atoms with Crippen LogP contribution in [0.15, 0.2) is 47.6 Å². The maximum Gasteiger partial charge on any atom is 0.218 e. The number of benzene rings is 1. The van der Waals surface area contributed by atoms with Gasteiger partial charge in [0.2, 0.25) is 5.88 Å². The van der Waals surface area contributed by atoms with Crippen molar-refractivity contribution in [3.63, 3.8) is 0 Å². The van der Waals surface area contributed by atoms with E-state index in [-0.39, 0.29) is 0 Å². The van der Waals surface area contributed by atoms with Gasteiger partial charge < -0.3 is 29.7 Å². The van der Waals surface area contributed by atoms with Crippen molar-refractivity contribution in [1.82, 2.24) is 15.6 Å². The molecule has 0 bridgehead atoms. The number of ether oxygens (including phenoxy) is 3. The van der Waals surface area contributed by atoms with Crippen molar-refractivity contribution in [2.75, 3.05) is 52.5 Å². The third-order valence-corrected chi connectivity index (χ3v) is 5.00. The van der Waals surface area contributed by atoms with Crippen LogP contribution in [0, 0.1) is 0 Å². The third-order valence-electron chi connectivity index (χ3n) is 5.00. The molecule has 1 aliphatic rings. The Hall–Kier alpha value is -3.00. The maximum atomic E-state index is 5.71. The zero-order valence-corrected chi connectivity index (χ0v) is 17.9. The number of para-hydroxylation sites is 2. The number of nitrogens with one attached hydrogen (secondary N) is 2. The number of aromatic nitrogens is 1. The van der Waals surface area contributed by atoms with Gasteiger partial charge in [-0.2, -0.15) is 0 Å². The highest BCUT2D eigenvalue weighted by Gasteiger charge is 2.25. The van der Waals surface area contributed by atoms with Gasteiger partial charge in [0.1, 0.15) is 12.4 Å². The largest absolute Gasteiger partial charge is 0.495 e. The molecule has 1 saturated heterocycles. The SMILES string of the molecule is CN=C(NCc1cccnc1OCCOC)NC1CCN(c2ccccc2OC)C1. The summed E-state index contributed by atoms with van der Waals surface area (Å²) in [5, 5.41) is 6.89. The molecule has 1 aromatic heterocycles. The van der Waals surface area contributed by atoms with Crippen LogP contribution in [-0.2, 0) is 11.3 Å². The molecule has 1 atom stereocenters. The zero-order chi connectivity index (χ0) is 21.2. The second kappa shape index (κ2) is 11.3. The molecule has 1 fully saturated rings. The minimum atomic E-state index is 0.299. The molecule has 0 saturated carbocycles. The maximum absolute atomic E-state index is 5.71. The lowest BCUT2D eigenvalue weighted by molar-refractivity contribution is 0.143. The van der Waals surface area contributed by atoms with Crippen molar-refractivity contribution >= 4 is 11.6 Å². The van der Waals surface area contributed by atoms with Crippen LogP contribution in [0.25, 0.3) is 0 Å². The summed E-state index contributed by atoms with van der Waals surface area (Å²) in [6, 6.07) is 12.3. The highest BCUT2D eigenvalue weighted by molar-refractivity contribution is 5.80. The summed E-state index contributed by atoms with van der Waals surface area (Å²) in [5.74, 6) is 2.27. The summed E-state index contributed by atoms with van der Waals surface area (Å²) >= 11 is 0. The van der Waals surface area contributed by atoms with Crippen LogP contribution in [-0.4, -0.2) is 64.6 Å². The Kier molecular flexibility index (Phi) is 8.14. The predicted octanol–water partition coefficient (Wildman–Crippen LogP) is 2.06. The smallest absolute Gasteiger partial charge is 0.218 e. The standard InChI is InChI=1S/C22H31N5O3/c1-23-22(25-15-17-7-6-11-24-21(17)30-14-13-28-2)26-18-10-12-27(16-18)19-8-4-5-9-20(19)29-3/h4-9,11,18H,10,12-16H2,1-3H3,(H2,23,25,26). The molecular formula is C22H31N5O3. The van der Waals surface area contributed by atoms with Gasteiger partial charge in [0.05, 0.1) is 19.4 Å². The Morgan fingerprint density at radius 1 is 1.20 bits per heavy atom. The van der Waals surface area contributed by atoms with Gasteiger partial charge in [-0.1, -0.05) is 18.2 Å². The molecule has 3 rings (SSSR count). The van der Waals surface area contributed by atoms with E-state index in [0.29, 0.717) is 31.7 Å². The van der Waals surface area contributed by atoms with Crippen LogP contribution < -0.4 is 25.0 Å². The molecule has 0 aliphatic carbocycles. The van der Waals surface area contributed by atoms with Crippen LogP contribution in [0.5, 0.6) is 11.6 Å². The molecule has 8 heteroatoms. The second-order valence-corrected chi connectivity index (χ2v) is 6.98. The lowest BCUT2D eigenvalue weighted by Gasteiger charge is -2.22. The van der Waals surface area contributed by atoms with Crippen LogP contribution in [0.2, 0.25) is 0 Å². The van der Waals surface area contributed by atoms with E-state index in [1.54, 1.807) is 27.5 Å². The fourth-order valence-corrected chi connectivity index (χ4v) is 3.47. The van der Waals surface area contributed by atoms with Gasteiger partial charge in [0, 0.05) is 51.6 Å². The average Bonchev–Trinajstić information content (AvgIpc) is 3.26. The topological polar surface area (TPSA) is 80.2 Å². The van der Waals surface area contributed by atoms with Crippen molar-refractivity contribution in [3.05, 3.63) is 48.2 Å². The van der Waals surface area contributed by atoms with E-state index in [9.17, 15) is 0 Å². The molecule has 0 spiro atoms. The fraction of sp³-hybridized carbons (Fsp3) is 0.455. The van der Waals surface area contributed by atoms with Gasteiger partial charge in [-0.15, -0.1) is 0 Å². The number of nitrogens with zero attached hydrogens (tertiary/aromatic N) is 3. The molecule has 2 heterocycles. The van der Waals surface area contributed by atoms with E-state index in [4.69, 9.17) is 14.2 Å².